The monoisotopic (exact) mass is 292 g/mol. The van der Waals surface area contributed by atoms with Gasteiger partial charge in [0.2, 0.25) is 5.91 Å². The van der Waals surface area contributed by atoms with Crippen LogP contribution >= 0.6 is 0 Å². The van der Waals surface area contributed by atoms with Crippen molar-refractivity contribution in [3.8, 4) is 0 Å². The minimum Gasteiger partial charge on any atom is -0.480 e. The fourth-order valence-corrected chi connectivity index (χ4v) is 2.19. The van der Waals surface area contributed by atoms with E-state index in [0.29, 0.717) is 17.8 Å². The fraction of sp³-hybridized carbons (Fsp3) is 0.500. The zero-order valence-corrected chi connectivity index (χ0v) is 12.5. The lowest BCUT2D eigenvalue weighted by atomic mass is 10.1. The Labute approximate surface area is 125 Å². The van der Waals surface area contributed by atoms with Gasteiger partial charge in [0, 0.05) is 6.42 Å². The van der Waals surface area contributed by atoms with Gasteiger partial charge < -0.3 is 10.8 Å². The Kier molecular flexibility index (Phi) is 7.29. The summed E-state index contributed by atoms with van der Waals surface area (Å²) in [6, 6.07) is 6.84. The Morgan fingerprint density at radius 1 is 1.14 bits per heavy atom. The van der Waals surface area contributed by atoms with Gasteiger partial charge in [-0.2, -0.15) is 0 Å². The highest BCUT2D eigenvalue weighted by molar-refractivity contribution is 5.99. The van der Waals surface area contributed by atoms with Crippen molar-refractivity contribution in [3.63, 3.8) is 0 Å². The highest BCUT2D eigenvalue weighted by atomic mass is 16.4. The Morgan fingerprint density at radius 3 is 2.43 bits per heavy atom. The third-order valence-electron chi connectivity index (χ3n) is 3.32. The number of rotatable bonds is 9. The van der Waals surface area contributed by atoms with Crippen molar-refractivity contribution in [3.05, 3.63) is 24.3 Å². The predicted octanol–water partition coefficient (Wildman–Crippen LogP) is 3.05. The second kappa shape index (κ2) is 9.00. The number of nitrogens with two attached hydrogens (primary N) is 1. The van der Waals surface area contributed by atoms with Gasteiger partial charge in [-0.1, -0.05) is 44.7 Å². The second-order valence-corrected chi connectivity index (χ2v) is 5.10. The lowest BCUT2D eigenvalue weighted by molar-refractivity contribution is -0.136. The van der Waals surface area contributed by atoms with Gasteiger partial charge in [0.25, 0.3) is 0 Å². The smallest absolute Gasteiger partial charge is 0.323 e. The van der Waals surface area contributed by atoms with Crippen LogP contribution in [0.15, 0.2) is 24.3 Å². The predicted molar refractivity (Wildman–Crippen MR) is 84.2 cm³/mol. The van der Waals surface area contributed by atoms with Crippen LogP contribution in [0.4, 0.5) is 11.4 Å². The largest absolute Gasteiger partial charge is 0.480 e. The first-order valence-corrected chi connectivity index (χ1v) is 7.43. The van der Waals surface area contributed by atoms with Crippen LogP contribution in [0.2, 0.25) is 0 Å². The Balaban J connectivity index is 2.67. The first-order chi connectivity index (χ1) is 10.1. The van der Waals surface area contributed by atoms with Crippen LogP contribution in [0, 0.1) is 0 Å². The molecule has 0 heterocycles. The minimum atomic E-state index is -1.04. The molecule has 116 valence electrons. The molecule has 0 saturated carbocycles. The molecule has 5 heteroatoms. The molecule has 0 spiro atoms. The molecule has 0 saturated heterocycles. The number of nitrogen functional groups attached to an aromatic ring is 1. The zero-order chi connectivity index (χ0) is 15.7. The third kappa shape index (κ3) is 5.85. The number of carboxylic acids is 1. The quantitative estimate of drug-likeness (QED) is 0.541. The van der Waals surface area contributed by atoms with Crippen LogP contribution in [0.1, 0.15) is 45.4 Å². The zero-order valence-electron chi connectivity index (χ0n) is 12.5. The molecular weight excluding hydrogens is 268 g/mol. The van der Waals surface area contributed by atoms with Crippen LogP contribution in [0.3, 0.4) is 0 Å². The number of para-hydroxylation sites is 2. The Bertz CT molecular complexity index is 474. The summed E-state index contributed by atoms with van der Waals surface area (Å²) in [5.41, 5.74) is 6.73. The number of hydrogen-bond donors (Lipinski definition) is 2. The van der Waals surface area contributed by atoms with E-state index in [9.17, 15) is 9.59 Å². The fourth-order valence-electron chi connectivity index (χ4n) is 2.19. The minimum absolute atomic E-state index is 0.188. The Morgan fingerprint density at radius 2 is 1.81 bits per heavy atom. The molecule has 0 aliphatic rings. The molecule has 0 aliphatic heterocycles. The summed E-state index contributed by atoms with van der Waals surface area (Å²) in [6.07, 6.45) is 5.55. The van der Waals surface area contributed by atoms with Crippen molar-refractivity contribution in [1.29, 1.82) is 0 Å². The lowest BCUT2D eigenvalue weighted by Gasteiger charge is -2.22. The number of aliphatic carboxylic acids is 1. The molecule has 0 aliphatic carbocycles. The molecule has 0 fully saturated rings. The Hall–Kier alpha value is -2.04. The van der Waals surface area contributed by atoms with E-state index in [2.05, 4.69) is 6.92 Å². The second-order valence-electron chi connectivity index (χ2n) is 5.10. The molecule has 1 aromatic rings. The molecule has 3 N–H and O–H groups in total. The van der Waals surface area contributed by atoms with E-state index in [1.807, 2.05) is 0 Å². The van der Waals surface area contributed by atoms with E-state index < -0.39 is 5.97 Å². The van der Waals surface area contributed by atoms with E-state index >= 15 is 0 Å². The summed E-state index contributed by atoms with van der Waals surface area (Å²) in [7, 11) is 0. The van der Waals surface area contributed by atoms with Crippen LogP contribution in [0.25, 0.3) is 0 Å². The number of benzene rings is 1. The highest BCUT2D eigenvalue weighted by Gasteiger charge is 2.20. The van der Waals surface area contributed by atoms with Gasteiger partial charge in [-0.25, -0.2) is 0 Å². The first-order valence-electron chi connectivity index (χ1n) is 7.43. The van der Waals surface area contributed by atoms with Crippen LogP contribution in [-0.2, 0) is 9.59 Å². The first kappa shape index (κ1) is 17.0. The summed E-state index contributed by atoms with van der Waals surface area (Å²) in [5.74, 6) is -1.23. The summed E-state index contributed by atoms with van der Waals surface area (Å²) < 4.78 is 0. The molecule has 0 unspecified atom stereocenters. The molecule has 0 atom stereocenters. The van der Waals surface area contributed by atoms with Gasteiger partial charge in [0.15, 0.2) is 0 Å². The van der Waals surface area contributed by atoms with E-state index in [1.54, 1.807) is 24.3 Å². The van der Waals surface area contributed by atoms with Gasteiger partial charge in [-0.15, -0.1) is 0 Å². The average Bonchev–Trinajstić information content (AvgIpc) is 2.45. The van der Waals surface area contributed by atoms with Crippen molar-refractivity contribution in [2.75, 3.05) is 17.2 Å². The average molecular weight is 292 g/mol. The molecule has 0 aromatic heterocycles. The standard InChI is InChI=1S/C16H24N2O3/c1-2-3-4-5-6-11-15(19)18(12-16(20)21)14-10-8-7-9-13(14)17/h7-10H,2-6,11-12,17H2,1H3,(H,20,21). The number of amides is 1. The summed E-state index contributed by atoms with van der Waals surface area (Å²) in [4.78, 5) is 24.5. The maximum Gasteiger partial charge on any atom is 0.323 e. The van der Waals surface area contributed by atoms with Gasteiger partial charge in [-0.3, -0.25) is 14.5 Å². The number of unbranched alkanes of at least 4 members (excludes halogenated alkanes) is 4. The van der Waals surface area contributed by atoms with Crippen molar-refractivity contribution in [2.45, 2.75) is 45.4 Å². The van der Waals surface area contributed by atoms with Gasteiger partial charge in [0.1, 0.15) is 6.54 Å². The number of carbonyl (C=O) groups is 2. The molecule has 1 amide bonds. The van der Waals surface area contributed by atoms with Crippen molar-refractivity contribution in [1.82, 2.24) is 0 Å². The van der Waals surface area contributed by atoms with Gasteiger partial charge >= 0.3 is 5.97 Å². The normalized spacial score (nSPS) is 10.3. The van der Waals surface area contributed by atoms with E-state index in [-0.39, 0.29) is 12.5 Å². The van der Waals surface area contributed by atoms with Crippen LogP contribution in [-0.4, -0.2) is 23.5 Å². The van der Waals surface area contributed by atoms with Crippen molar-refractivity contribution in [2.24, 2.45) is 0 Å². The molecule has 1 rings (SSSR count). The topological polar surface area (TPSA) is 83.6 Å². The van der Waals surface area contributed by atoms with E-state index in [1.165, 1.54) is 11.3 Å². The number of nitrogens with zero attached hydrogens (tertiary/aromatic N) is 1. The SMILES string of the molecule is CCCCCCCC(=O)N(CC(=O)O)c1ccccc1N. The molecule has 21 heavy (non-hydrogen) atoms. The summed E-state index contributed by atoms with van der Waals surface area (Å²) >= 11 is 0. The third-order valence-corrected chi connectivity index (χ3v) is 3.32. The number of hydrogen-bond acceptors (Lipinski definition) is 3. The van der Waals surface area contributed by atoms with Crippen molar-refractivity contribution < 1.29 is 14.7 Å². The van der Waals surface area contributed by atoms with Gasteiger partial charge in [0.05, 0.1) is 11.4 Å². The number of carboxylic acid groups (broad SMARTS) is 1. The maximum atomic E-state index is 12.3. The van der Waals surface area contributed by atoms with E-state index in [0.717, 1.165) is 25.7 Å². The summed E-state index contributed by atoms with van der Waals surface area (Å²) in [5, 5.41) is 8.99. The molecule has 5 nitrogen and oxygen atoms in total. The molecular formula is C16H24N2O3. The van der Waals surface area contributed by atoms with E-state index in [4.69, 9.17) is 10.8 Å². The number of anilines is 2. The number of carbonyl (C=O) groups excluding carboxylic acids is 1. The van der Waals surface area contributed by atoms with Gasteiger partial charge in [-0.05, 0) is 18.6 Å². The molecule has 0 radical (unpaired) electrons. The van der Waals surface area contributed by atoms with Crippen LogP contribution in [0.5, 0.6) is 0 Å². The van der Waals surface area contributed by atoms with Crippen molar-refractivity contribution >= 4 is 23.3 Å². The summed E-state index contributed by atoms with van der Waals surface area (Å²) in [6.45, 7) is 1.78. The molecule has 1 aromatic carbocycles. The molecule has 0 bridgehead atoms. The lowest BCUT2D eigenvalue weighted by Crippen LogP contribution is -2.36. The maximum absolute atomic E-state index is 12.3. The van der Waals surface area contributed by atoms with Crippen LogP contribution < -0.4 is 10.6 Å². The highest BCUT2D eigenvalue weighted by Crippen LogP contribution is 2.23.